The van der Waals surface area contributed by atoms with Gasteiger partial charge in [-0.15, -0.1) is 0 Å². The summed E-state index contributed by atoms with van der Waals surface area (Å²) >= 11 is 0. The lowest BCUT2D eigenvalue weighted by atomic mass is 9.94. The number of likely N-dealkylation sites (tertiary alicyclic amines) is 1. The minimum Gasteiger partial charge on any atom is -0.481 e. The number of esters is 4. The summed E-state index contributed by atoms with van der Waals surface area (Å²) < 4.78 is 21.4. The molecular formula is C54H68N2O11. The Bertz CT molecular complexity index is 2150. The zero-order valence-corrected chi connectivity index (χ0v) is 39.8. The van der Waals surface area contributed by atoms with Gasteiger partial charge < -0.3 is 34.3 Å². The Hall–Kier alpha value is -6.34. The van der Waals surface area contributed by atoms with Gasteiger partial charge in [-0.25, -0.2) is 4.79 Å². The highest BCUT2D eigenvalue weighted by Crippen LogP contribution is 2.26. The van der Waals surface area contributed by atoms with Gasteiger partial charge in [0.05, 0.1) is 24.7 Å². The number of hydrogen-bond acceptors (Lipinski definition) is 11. The minimum atomic E-state index is -0.977. The quantitative estimate of drug-likeness (QED) is 0.0812. The van der Waals surface area contributed by atoms with E-state index < -0.39 is 53.0 Å². The van der Waals surface area contributed by atoms with Crippen molar-refractivity contribution in [3.8, 4) is 0 Å². The maximum absolute atomic E-state index is 13.6. The van der Waals surface area contributed by atoms with Gasteiger partial charge in [-0.2, -0.15) is 0 Å². The maximum Gasteiger partial charge on any atom is 0.329 e. The van der Waals surface area contributed by atoms with E-state index in [2.05, 4.69) is 5.32 Å². The molecule has 0 radical (unpaired) electrons. The third-order valence-electron chi connectivity index (χ3n) is 10.6. The lowest BCUT2D eigenvalue weighted by Crippen LogP contribution is -2.45. The van der Waals surface area contributed by atoms with E-state index in [9.17, 15) is 33.9 Å². The number of nitrogens with zero attached hydrogens (tertiary/aromatic N) is 1. The lowest BCUT2D eigenvalue weighted by Gasteiger charge is -2.28. The molecule has 0 aromatic heterocycles. The number of carbonyl (C=O) groups is 6. The summed E-state index contributed by atoms with van der Waals surface area (Å²) in [4.78, 5) is 74.9. The van der Waals surface area contributed by atoms with Crippen molar-refractivity contribution in [2.45, 2.75) is 129 Å². The van der Waals surface area contributed by atoms with Crippen molar-refractivity contribution < 1.29 is 52.8 Å². The van der Waals surface area contributed by atoms with Gasteiger partial charge in [0.15, 0.2) is 0 Å². The van der Waals surface area contributed by atoms with Gasteiger partial charge in [-0.3, -0.25) is 24.0 Å². The number of nitrogens with one attached hydrogen (secondary N) is 1. The van der Waals surface area contributed by atoms with Gasteiger partial charge in [-0.1, -0.05) is 121 Å². The van der Waals surface area contributed by atoms with Crippen LogP contribution >= 0.6 is 0 Å². The first-order valence-electron chi connectivity index (χ1n) is 23.1. The summed E-state index contributed by atoms with van der Waals surface area (Å²) in [5.74, 6) is -3.97. The first-order valence-corrected chi connectivity index (χ1v) is 23.1. The van der Waals surface area contributed by atoms with Crippen molar-refractivity contribution in [3.63, 3.8) is 0 Å². The fourth-order valence-corrected chi connectivity index (χ4v) is 7.51. The molecule has 2 fully saturated rings. The molecular weight excluding hydrogens is 853 g/mol. The molecule has 1 amide bonds. The Morgan fingerprint density at radius 3 is 1.42 bits per heavy atom. The number of amides is 1. The highest BCUT2D eigenvalue weighted by molar-refractivity contribution is 5.89. The molecule has 2 aliphatic rings. The largest absolute Gasteiger partial charge is 0.481 e. The van der Waals surface area contributed by atoms with Crippen LogP contribution in [0.15, 0.2) is 121 Å². The van der Waals surface area contributed by atoms with E-state index in [0.29, 0.717) is 32.4 Å². The smallest absolute Gasteiger partial charge is 0.329 e. The summed E-state index contributed by atoms with van der Waals surface area (Å²) in [6.45, 7) is 12.6. The molecule has 13 nitrogen and oxygen atoms in total. The van der Waals surface area contributed by atoms with Crippen molar-refractivity contribution in [1.29, 1.82) is 0 Å². The van der Waals surface area contributed by atoms with Crippen LogP contribution in [-0.4, -0.2) is 82.1 Å². The Morgan fingerprint density at radius 2 is 1.00 bits per heavy atom. The SMILES string of the molecule is CC(C)(C)OC(=O)C[C@@H](Cc1ccccc1)C(=O)N1CCC[C@H]1C(=O)OCc1ccccc1.CC(C)(C)OC(=O)C[C@@H](Cc1ccccc1)C(=O)O.O=C(OCc1ccccc1)[C@@H]1CCCN1. The van der Waals surface area contributed by atoms with Gasteiger partial charge in [0, 0.05) is 6.54 Å². The lowest BCUT2D eigenvalue weighted by molar-refractivity contribution is -0.160. The normalized spacial score (nSPS) is 16.4. The number of carboxylic acid groups (broad SMARTS) is 1. The molecule has 6 rings (SSSR count). The number of carboxylic acids is 1. The molecule has 0 aliphatic carbocycles. The van der Waals surface area contributed by atoms with Crippen molar-refractivity contribution in [3.05, 3.63) is 144 Å². The fourth-order valence-electron chi connectivity index (χ4n) is 7.51. The molecule has 4 aromatic carbocycles. The molecule has 0 spiro atoms. The van der Waals surface area contributed by atoms with E-state index in [1.807, 2.05) is 121 Å². The predicted octanol–water partition coefficient (Wildman–Crippen LogP) is 8.46. The molecule has 0 bridgehead atoms. The average molecular weight is 921 g/mol. The van der Waals surface area contributed by atoms with E-state index in [0.717, 1.165) is 48.1 Å². The second kappa shape index (κ2) is 26.7. The second-order valence-electron chi connectivity index (χ2n) is 18.7. The summed E-state index contributed by atoms with van der Waals surface area (Å²) in [6, 6.07) is 37.3. The summed E-state index contributed by atoms with van der Waals surface area (Å²) in [5, 5.41) is 12.3. The maximum atomic E-state index is 13.6. The number of carbonyl (C=O) groups excluding carboxylic acids is 5. The Balaban J connectivity index is 0.000000243. The summed E-state index contributed by atoms with van der Waals surface area (Å²) in [5.41, 5.74) is 2.57. The van der Waals surface area contributed by atoms with Crippen molar-refractivity contribution in [2.24, 2.45) is 11.8 Å². The van der Waals surface area contributed by atoms with Crippen LogP contribution in [0.25, 0.3) is 0 Å². The molecule has 13 heteroatoms. The van der Waals surface area contributed by atoms with Crippen LogP contribution in [0.3, 0.4) is 0 Å². The Kier molecular flexibility index (Phi) is 21.2. The molecule has 0 unspecified atom stereocenters. The highest BCUT2D eigenvalue weighted by Gasteiger charge is 2.39. The highest BCUT2D eigenvalue weighted by atomic mass is 16.6. The molecule has 2 N–H and O–H groups in total. The molecule has 67 heavy (non-hydrogen) atoms. The van der Waals surface area contributed by atoms with Gasteiger partial charge in [0.25, 0.3) is 0 Å². The summed E-state index contributed by atoms with van der Waals surface area (Å²) in [6.07, 6.45) is 3.83. The molecule has 360 valence electrons. The minimum absolute atomic E-state index is 0.0344. The first kappa shape index (κ1) is 53.3. The molecule has 0 saturated carbocycles. The van der Waals surface area contributed by atoms with Crippen molar-refractivity contribution in [2.75, 3.05) is 13.1 Å². The van der Waals surface area contributed by atoms with Crippen molar-refractivity contribution in [1.82, 2.24) is 10.2 Å². The third-order valence-corrected chi connectivity index (χ3v) is 10.6. The van der Waals surface area contributed by atoms with Gasteiger partial charge in [0.1, 0.15) is 36.5 Å². The third kappa shape index (κ3) is 20.4. The van der Waals surface area contributed by atoms with E-state index in [4.69, 9.17) is 18.9 Å². The first-order chi connectivity index (χ1) is 31.9. The molecule has 4 aromatic rings. The average Bonchev–Trinajstić information content (AvgIpc) is 4.02. The molecule has 4 atom stereocenters. The zero-order valence-electron chi connectivity index (χ0n) is 39.8. The van der Waals surface area contributed by atoms with Gasteiger partial charge >= 0.3 is 29.8 Å². The number of aliphatic carboxylic acids is 1. The van der Waals surface area contributed by atoms with E-state index in [-0.39, 0.29) is 37.4 Å². The van der Waals surface area contributed by atoms with Crippen LogP contribution in [0, 0.1) is 11.8 Å². The van der Waals surface area contributed by atoms with Crippen molar-refractivity contribution >= 4 is 35.8 Å². The van der Waals surface area contributed by atoms with Gasteiger partial charge in [-0.05, 0) is 109 Å². The van der Waals surface area contributed by atoms with Crippen LogP contribution < -0.4 is 5.32 Å². The number of benzene rings is 4. The number of ether oxygens (including phenoxy) is 4. The summed E-state index contributed by atoms with van der Waals surface area (Å²) in [7, 11) is 0. The van der Waals surface area contributed by atoms with E-state index >= 15 is 0 Å². The van der Waals surface area contributed by atoms with Crippen LogP contribution in [0.2, 0.25) is 0 Å². The van der Waals surface area contributed by atoms with E-state index in [1.54, 1.807) is 46.4 Å². The molecule has 2 aliphatic heterocycles. The second-order valence-corrected chi connectivity index (χ2v) is 18.7. The Morgan fingerprint density at radius 1 is 0.582 bits per heavy atom. The monoisotopic (exact) mass is 920 g/mol. The predicted molar refractivity (Wildman–Crippen MR) is 254 cm³/mol. The Labute approximate surface area is 395 Å². The standard InChI is InChI=1S/C27H33NO5.C15H20O4.C12H15NO2/c1-27(2,3)33-24(29)18-22(17-20-11-6-4-7-12-20)25(30)28-16-10-15-23(28)26(31)32-19-21-13-8-5-9-14-21;1-15(2,3)19-13(16)10-12(14(17)18)9-11-7-5-4-6-8-11;14-12(11-7-4-8-13-11)15-9-10-5-2-1-3-6-10/h4-9,11-14,22-23H,10,15-19H2,1-3H3;4-8,12H,9-10H2,1-3H3,(H,17,18);1-3,5-6,11,13H,4,7-9H2/t22-,23+;12-;11-/m110/s1. The zero-order chi connectivity index (χ0) is 48.8. The molecule has 2 heterocycles. The number of rotatable bonds is 16. The van der Waals surface area contributed by atoms with Crippen LogP contribution in [0.4, 0.5) is 0 Å². The number of hydrogen-bond donors (Lipinski definition) is 2. The molecule has 2 saturated heterocycles. The topological polar surface area (TPSA) is 175 Å². The van der Waals surface area contributed by atoms with Crippen LogP contribution in [0.5, 0.6) is 0 Å². The van der Waals surface area contributed by atoms with Crippen LogP contribution in [-0.2, 0) is 73.8 Å². The van der Waals surface area contributed by atoms with E-state index in [1.165, 1.54) is 0 Å². The van der Waals surface area contributed by atoms with Crippen LogP contribution in [0.1, 0.15) is 102 Å². The fraction of sp³-hybridized carbons (Fsp3) is 0.444. The van der Waals surface area contributed by atoms with Gasteiger partial charge in [0.2, 0.25) is 5.91 Å².